The number of nitrogens with zero attached hydrogens (tertiary/aromatic N) is 1. The molecule has 0 saturated heterocycles. The minimum Gasteiger partial charge on any atom is -0.372 e. The van der Waals surface area contributed by atoms with Gasteiger partial charge < -0.3 is 15.4 Å². The van der Waals surface area contributed by atoms with E-state index in [0.29, 0.717) is 35.9 Å². The fourth-order valence-corrected chi connectivity index (χ4v) is 3.17. The first-order valence-corrected chi connectivity index (χ1v) is 9.80. The minimum absolute atomic E-state index is 0.00431. The van der Waals surface area contributed by atoms with E-state index in [9.17, 15) is 21.6 Å². The molecule has 6 nitrogen and oxygen atoms in total. The van der Waals surface area contributed by atoms with Crippen LogP contribution in [0.3, 0.4) is 0 Å². The highest BCUT2D eigenvalue weighted by atomic mass is 32.2. The van der Waals surface area contributed by atoms with E-state index in [1.807, 2.05) is 0 Å². The lowest BCUT2D eigenvalue weighted by atomic mass is 10.1. The van der Waals surface area contributed by atoms with Crippen molar-refractivity contribution in [3.05, 3.63) is 29.3 Å². The van der Waals surface area contributed by atoms with Gasteiger partial charge in [0, 0.05) is 33.0 Å². The second-order valence-corrected chi connectivity index (χ2v) is 7.73. The quantitative estimate of drug-likeness (QED) is 0.400. The Morgan fingerprint density at radius 2 is 1.96 bits per heavy atom. The highest BCUT2D eigenvalue weighted by molar-refractivity contribution is 7.90. The minimum atomic E-state index is -4.31. The Balaban J connectivity index is 2.40. The molecule has 0 amide bonds. The molecule has 10 heteroatoms. The molecule has 0 aromatic heterocycles. The molecule has 0 aliphatic rings. The monoisotopic (exact) mass is 395 g/mol. The van der Waals surface area contributed by atoms with Gasteiger partial charge in [0.2, 0.25) is 0 Å². The molecule has 1 rings (SSSR count). The van der Waals surface area contributed by atoms with E-state index in [1.54, 1.807) is 32.2 Å². The molecule has 0 saturated carbocycles. The number of aliphatic imine (C=N–C) groups is 1. The zero-order chi connectivity index (χ0) is 19.8. The molecule has 0 unspecified atom stereocenters. The van der Waals surface area contributed by atoms with E-state index < -0.39 is 22.6 Å². The van der Waals surface area contributed by atoms with Crippen LogP contribution in [-0.4, -0.2) is 53.6 Å². The number of benzene rings is 1. The number of rotatable bonds is 8. The van der Waals surface area contributed by atoms with Gasteiger partial charge in [-0.1, -0.05) is 12.1 Å². The summed E-state index contributed by atoms with van der Waals surface area (Å²) in [6, 6.07) is 5.06. The van der Waals surface area contributed by atoms with Crippen LogP contribution in [0, 0.1) is 6.92 Å². The van der Waals surface area contributed by atoms with Gasteiger partial charge >= 0.3 is 6.18 Å². The molecule has 26 heavy (non-hydrogen) atoms. The number of halogens is 3. The summed E-state index contributed by atoms with van der Waals surface area (Å²) in [5, 5.41) is 6.02. The number of alkyl halides is 3. The normalized spacial score (nSPS) is 12.9. The lowest BCUT2D eigenvalue weighted by molar-refractivity contribution is -0.173. The molecule has 0 fully saturated rings. The molecule has 0 heterocycles. The fraction of sp³-hybridized carbons (Fsp3) is 0.562. The molecule has 0 aliphatic heterocycles. The van der Waals surface area contributed by atoms with Gasteiger partial charge in [0.15, 0.2) is 15.8 Å². The van der Waals surface area contributed by atoms with Crippen molar-refractivity contribution in [2.24, 2.45) is 4.99 Å². The van der Waals surface area contributed by atoms with Crippen LogP contribution in [0.25, 0.3) is 0 Å². The largest absolute Gasteiger partial charge is 0.411 e. The zero-order valence-electron chi connectivity index (χ0n) is 15.0. The van der Waals surface area contributed by atoms with Crippen LogP contribution in [0.15, 0.2) is 28.1 Å². The fourth-order valence-electron chi connectivity index (χ4n) is 2.21. The average Bonchev–Trinajstić information content (AvgIpc) is 2.51. The van der Waals surface area contributed by atoms with E-state index in [2.05, 4.69) is 20.4 Å². The predicted molar refractivity (Wildman–Crippen MR) is 94.0 cm³/mol. The van der Waals surface area contributed by atoms with Gasteiger partial charge in [0.1, 0.15) is 6.61 Å². The highest BCUT2D eigenvalue weighted by Gasteiger charge is 2.27. The van der Waals surface area contributed by atoms with Gasteiger partial charge in [-0.15, -0.1) is 0 Å². The molecule has 2 N–H and O–H groups in total. The summed E-state index contributed by atoms with van der Waals surface area (Å²) in [4.78, 5) is 4.31. The summed E-state index contributed by atoms with van der Waals surface area (Å²) in [5.74, 6) is 0.491. The van der Waals surface area contributed by atoms with E-state index in [1.165, 1.54) is 0 Å². The smallest absolute Gasteiger partial charge is 0.372 e. The molecular weight excluding hydrogens is 371 g/mol. The topological polar surface area (TPSA) is 79.8 Å². The van der Waals surface area contributed by atoms with Crippen LogP contribution < -0.4 is 10.6 Å². The number of hydrogen-bond acceptors (Lipinski definition) is 4. The Bertz CT molecular complexity index is 719. The van der Waals surface area contributed by atoms with Gasteiger partial charge in [-0.05, 0) is 30.5 Å². The third-order valence-electron chi connectivity index (χ3n) is 3.35. The Morgan fingerprint density at radius 3 is 2.50 bits per heavy atom. The summed E-state index contributed by atoms with van der Waals surface area (Å²) >= 11 is 0. The number of sulfone groups is 1. The molecule has 0 bridgehead atoms. The van der Waals surface area contributed by atoms with Gasteiger partial charge in [-0.25, -0.2) is 8.42 Å². The van der Waals surface area contributed by atoms with Crippen molar-refractivity contribution in [3.63, 3.8) is 0 Å². The Labute approximate surface area is 151 Å². The van der Waals surface area contributed by atoms with E-state index in [0.717, 1.165) is 11.8 Å². The lowest BCUT2D eigenvalue weighted by Crippen LogP contribution is -2.37. The van der Waals surface area contributed by atoms with Crippen LogP contribution in [-0.2, 0) is 21.1 Å². The average molecular weight is 395 g/mol. The number of ether oxygens (including phenoxy) is 1. The Hall–Kier alpha value is -1.81. The highest BCUT2D eigenvalue weighted by Crippen LogP contribution is 2.16. The van der Waals surface area contributed by atoms with E-state index >= 15 is 0 Å². The van der Waals surface area contributed by atoms with Crippen molar-refractivity contribution in [2.75, 3.05) is 33.1 Å². The first-order valence-electron chi connectivity index (χ1n) is 7.91. The molecule has 148 valence electrons. The molecule has 1 aromatic carbocycles. The Morgan fingerprint density at radius 1 is 1.27 bits per heavy atom. The van der Waals surface area contributed by atoms with Crippen molar-refractivity contribution < 1.29 is 26.3 Å². The van der Waals surface area contributed by atoms with Crippen molar-refractivity contribution in [2.45, 2.75) is 31.0 Å². The lowest BCUT2D eigenvalue weighted by Gasteiger charge is -2.13. The molecule has 0 radical (unpaired) electrons. The number of aryl methyl sites for hydroxylation is 1. The zero-order valence-corrected chi connectivity index (χ0v) is 15.8. The van der Waals surface area contributed by atoms with Gasteiger partial charge in [-0.3, -0.25) is 4.99 Å². The first-order chi connectivity index (χ1) is 12.0. The van der Waals surface area contributed by atoms with Crippen molar-refractivity contribution in [1.29, 1.82) is 0 Å². The third-order valence-corrected chi connectivity index (χ3v) is 4.60. The molecule has 0 spiro atoms. The van der Waals surface area contributed by atoms with Gasteiger partial charge in [0.25, 0.3) is 0 Å². The van der Waals surface area contributed by atoms with E-state index in [-0.39, 0.29) is 6.61 Å². The van der Waals surface area contributed by atoms with Gasteiger partial charge in [0.05, 0.1) is 4.90 Å². The maximum atomic E-state index is 11.9. The maximum Gasteiger partial charge on any atom is 0.411 e. The van der Waals surface area contributed by atoms with Crippen molar-refractivity contribution >= 4 is 15.8 Å². The van der Waals surface area contributed by atoms with Crippen LogP contribution in [0.1, 0.15) is 17.5 Å². The molecule has 0 aliphatic carbocycles. The summed E-state index contributed by atoms with van der Waals surface area (Å²) in [7, 11) is -1.68. The predicted octanol–water partition coefficient (Wildman–Crippen LogP) is 2.03. The third kappa shape index (κ3) is 8.52. The second-order valence-electron chi connectivity index (χ2n) is 5.75. The Kier molecular flexibility index (Phi) is 8.35. The number of nitrogens with one attached hydrogen (secondary N) is 2. The maximum absolute atomic E-state index is 11.9. The summed E-state index contributed by atoms with van der Waals surface area (Å²) in [5.41, 5.74) is 1.54. The van der Waals surface area contributed by atoms with Crippen LogP contribution in [0.4, 0.5) is 13.2 Å². The number of hydrogen-bond donors (Lipinski definition) is 2. The van der Waals surface area contributed by atoms with Crippen molar-refractivity contribution in [1.82, 2.24) is 10.6 Å². The SMILES string of the molecule is CN=C(NCCCOCC(F)(F)F)NCc1ccc(S(C)(=O)=O)c(C)c1. The van der Waals surface area contributed by atoms with Crippen LogP contribution >= 0.6 is 0 Å². The molecule has 1 aromatic rings. The number of guanidine groups is 1. The van der Waals surface area contributed by atoms with Crippen LogP contribution in [0.5, 0.6) is 0 Å². The summed E-state index contributed by atoms with van der Waals surface area (Å²) in [6.07, 6.45) is -2.74. The molecular formula is C16H24F3N3O3S. The van der Waals surface area contributed by atoms with E-state index in [4.69, 9.17) is 0 Å². The second kappa shape index (κ2) is 9.77. The molecule has 0 atom stereocenters. The van der Waals surface area contributed by atoms with Crippen LogP contribution in [0.2, 0.25) is 0 Å². The van der Waals surface area contributed by atoms with Gasteiger partial charge in [-0.2, -0.15) is 13.2 Å². The standard InChI is InChI=1S/C16H24F3N3O3S/c1-12-9-13(5-6-14(12)26(3,23)24)10-22-15(20-2)21-7-4-8-25-11-16(17,18)19/h5-6,9H,4,7-8,10-11H2,1-3H3,(H2,20,21,22). The van der Waals surface area contributed by atoms with Crippen molar-refractivity contribution in [3.8, 4) is 0 Å². The summed E-state index contributed by atoms with van der Waals surface area (Å²) < 4.78 is 63.5. The first kappa shape index (κ1) is 22.2. The summed E-state index contributed by atoms with van der Waals surface area (Å²) in [6.45, 7) is 1.31.